The number of halogens is 3. The van der Waals surface area contributed by atoms with Gasteiger partial charge in [-0.2, -0.15) is 0 Å². The highest BCUT2D eigenvalue weighted by molar-refractivity contribution is 6.42. The molecule has 0 fully saturated rings. The molecule has 0 spiro atoms. The lowest BCUT2D eigenvalue weighted by Crippen LogP contribution is -1.78. The van der Waals surface area contributed by atoms with Crippen molar-refractivity contribution in [1.82, 2.24) is 0 Å². The first kappa shape index (κ1) is 21.1. The quantitative estimate of drug-likeness (QED) is 0.345. The smallest absolute Gasteiger partial charge is 0.0837 e. The Morgan fingerprint density at radius 1 is 0.655 bits per heavy atom. The molecule has 0 radical (unpaired) electrons. The van der Waals surface area contributed by atoms with Crippen molar-refractivity contribution in [3.05, 3.63) is 105 Å². The molecule has 0 aliphatic heterocycles. The average Bonchev–Trinajstić information content (AvgIpc) is 2.73. The van der Waals surface area contributed by atoms with E-state index >= 15 is 0 Å². The van der Waals surface area contributed by atoms with Crippen LogP contribution < -0.4 is 0 Å². The monoisotopic (exact) mass is 438 g/mol. The Kier molecular flexibility index (Phi) is 7.83. The molecule has 0 amide bonds. The Labute approximate surface area is 185 Å². The van der Waals surface area contributed by atoms with Crippen molar-refractivity contribution in [2.75, 3.05) is 0 Å². The topological polar surface area (TPSA) is 24.7 Å². The van der Waals surface area contributed by atoms with Crippen molar-refractivity contribution in [2.45, 2.75) is 0 Å². The van der Waals surface area contributed by atoms with Crippen LogP contribution in [0.5, 0.6) is 0 Å². The van der Waals surface area contributed by atoms with E-state index in [1.165, 1.54) is 0 Å². The number of nitrogens with zero attached hydrogens (tertiary/aromatic N) is 2. The van der Waals surface area contributed by atoms with Gasteiger partial charge in [0.1, 0.15) is 0 Å². The van der Waals surface area contributed by atoms with Gasteiger partial charge in [-0.3, -0.25) is 9.98 Å². The lowest BCUT2D eigenvalue weighted by atomic mass is 10.2. The minimum atomic E-state index is 0.495. The molecular weight excluding hydrogens is 423 g/mol. The van der Waals surface area contributed by atoms with Gasteiger partial charge in [0.2, 0.25) is 0 Å². The first-order valence-electron chi connectivity index (χ1n) is 8.82. The van der Waals surface area contributed by atoms with Gasteiger partial charge >= 0.3 is 0 Å². The summed E-state index contributed by atoms with van der Waals surface area (Å²) in [5.41, 5.74) is 3.26. The maximum Gasteiger partial charge on any atom is 0.0837 e. The van der Waals surface area contributed by atoms with E-state index in [1.54, 1.807) is 30.6 Å². The molecule has 2 nitrogen and oxygen atoms in total. The van der Waals surface area contributed by atoms with Crippen molar-refractivity contribution >= 4 is 70.8 Å². The lowest BCUT2D eigenvalue weighted by molar-refractivity contribution is 1.48. The number of hydrogen-bond donors (Lipinski definition) is 0. The van der Waals surface area contributed by atoms with Crippen LogP contribution in [0.1, 0.15) is 11.1 Å². The van der Waals surface area contributed by atoms with Crippen LogP contribution in [0.2, 0.25) is 5.02 Å². The van der Waals surface area contributed by atoms with Crippen LogP contribution in [0.25, 0.3) is 12.2 Å². The van der Waals surface area contributed by atoms with Crippen molar-refractivity contribution < 1.29 is 0 Å². The fourth-order valence-corrected chi connectivity index (χ4v) is 2.96. The summed E-state index contributed by atoms with van der Waals surface area (Å²) >= 11 is 18.7. The Morgan fingerprint density at radius 2 is 1.17 bits per heavy atom. The number of rotatable bonds is 6. The number of aliphatic imine (C=N–C) groups is 2. The predicted octanol–water partition coefficient (Wildman–Crippen LogP) is 8.30. The molecule has 0 bridgehead atoms. The molecule has 0 N–H and O–H groups in total. The Hall–Kier alpha value is -2.65. The van der Waals surface area contributed by atoms with Crippen LogP contribution in [0.15, 0.2) is 98.9 Å². The molecule has 3 aromatic carbocycles. The molecule has 5 heteroatoms. The molecule has 0 aliphatic rings. The molecule has 29 heavy (non-hydrogen) atoms. The van der Waals surface area contributed by atoms with E-state index < -0.39 is 0 Å². The molecule has 3 rings (SSSR count). The maximum absolute atomic E-state index is 6.25. The highest BCUT2D eigenvalue weighted by Crippen LogP contribution is 2.30. The van der Waals surface area contributed by atoms with E-state index in [4.69, 9.17) is 34.8 Å². The van der Waals surface area contributed by atoms with Gasteiger partial charge in [-0.25, -0.2) is 0 Å². The van der Waals surface area contributed by atoms with E-state index in [0.29, 0.717) is 26.5 Å². The number of allylic oxidation sites excluding steroid dienone is 2. The first-order valence-corrected chi connectivity index (χ1v) is 9.96. The number of hydrogen-bond acceptors (Lipinski definition) is 2. The van der Waals surface area contributed by atoms with Gasteiger partial charge in [0, 0.05) is 12.4 Å². The molecule has 144 valence electrons. The van der Waals surface area contributed by atoms with Crippen LogP contribution in [-0.4, -0.2) is 12.4 Å². The fourth-order valence-electron chi connectivity index (χ4n) is 2.44. The summed E-state index contributed by atoms with van der Waals surface area (Å²) < 4.78 is 0. The van der Waals surface area contributed by atoms with Gasteiger partial charge in [0.25, 0.3) is 0 Å². The third kappa shape index (κ3) is 7.03. The minimum Gasteiger partial charge on any atom is -0.255 e. The zero-order valence-corrected chi connectivity index (χ0v) is 17.6. The van der Waals surface area contributed by atoms with Crippen LogP contribution in [0.3, 0.4) is 0 Å². The number of benzene rings is 3. The molecule has 0 saturated heterocycles. The second kappa shape index (κ2) is 10.8. The molecule has 0 heterocycles. The van der Waals surface area contributed by atoms with Crippen LogP contribution >= 0.6 is 34.8 Å². The third-order valence-corrected chi connectivity index (χ3v) is 4.53. The molecule has 0 saturated carbocycles. The molecule has 0 aromatic heterocycles. The summed E-state index contributed by atoms with van der Waals surface area (Å²) in [6.45, 7) is 0. The van der Waals surface area contributed by atoms with Crippen LogP contribution in [0, 0.1) is 0 Å². The van der Waals surface area contributed by atoms with Gasteiger partial charge in [-0.1, -0.05) is 95.5 Å². The summed E-state index contributed by atoms with van der Waals surface area (Å²) in [5.74, 6) is 0. The summed E-state index contributed by atoms with van der Waals surface area (Å²) in [6.07, 6.45) is 6.82. The third-order valence-electron chi connectivity index (χ3n) is 3.80. The second-order valence-corrected chi connectivity index (χ2v) is 7.31. The van der Waals surface area contributed by atoms with Gasteiger partial charge in [0.15, 0.2) is 0 Å². The second-order valence-electron chi connectivity index (χ2n) is 6.03. The molecule has 3 aromatic rings. The van der Waals surface area contributed by atoms with Gasteiger partial charge in [-0.05, 0) is 41.5 Å². The van der Waals surface area contributed by atoms with Crippen LogP contribution in [-0.2, 0) is 0 Å². The Morgan fingerprint density at radius 3 is 1.72 bits per heavy atom. The zero-order valence-electron chi connectivity index (χ0n) is 15.3. The van der Waals surface area contributed by atoms with E-state index in [2.05, 4.69) is 9.98 Å². The van der Waals surface area contributed by atoms with Gasteiger partial charge in [0.05, 0.1) is 26.5 Å². The van der Waals surface area contributed by atoms with E-state index in [1.807, 2.05) is 72.8 Å². The normalized spacial score (nSPS) is 12.8. The summed E-state index contributed by atoms with van der Waals surface area (Å²) in [5, 5.41) is 1.52. The highest BCUT2D eigenvalue weighted by atomic mass is 35.5. The van der Waals surface area contributed by atoms with Crippen LogP contribution in [0.4, 0.5) is 11.4 Å². The van der Waals surface area contributed by atoms with Crippen molar-refractivity contribution in [1.29, 1.82) is 0 Å². The Balaban J connectivity index is 1.74. The summed E-state index contributed by atoms with van der Waals surface area (Å²) in [6, 6.07) is 24.9. The standard InChI is InChI=1S/C24H17Cl3N2/c25-20(13-18-7-3-1-4-8-18)16-28-22-11-12-23(27)24(15-22)29-17-21(26)14-19-9-5-2-6-10-19/h1-17H/b20-13-,21-14-,28-16?,29-17?. The predicted molar refractivity (Wildman–Crippen MR) is 128 cm³/mol. The van der Waals surface area contributed by atoms with Gasteiger partial charge in [-0.15, -0.1) is 0 Å². The molecular formula is C24H17Cl3N2. The van der Waals surface area contributed by atoms with E-state index in [9.17, 15) is 0 Å². The highest BCUT2D eigenvalue weighted by Gasteiger charge is 2.00. The largest absolute Gasteiger partial charge is 0.255 e. The Bertz CT molecular complexity index is 1070. The van der Waals surface area contributed by atoms with Crippen molar-refractivity contribution in [2.24, 2.45) is 9.98 Å². The summed E-state index contributed by atoms with van der Waals surface area (Å²) in [4.78, 5) is 8.77. The molecule has 0 unspecified atom stereocenters. The first-order chi connectivity index (χ1) is 14.1. The summed E-state index contributed by atoms with van der Waals surface area (Å²) in [7, 11) is 0. The zero-order chi connectivity index (χ0) is 20.5. The average molecular weight is 440 g/mol. The van der Waals surface area contributed by atoms with Gasteiger partial charge < -0.3 is 0 Å². The lowest BCUT2D eigenvalue weighted by Gasteiger charge is -2.00. The fraction of sp³-hybridized carbons (Fsp3) is 0. The molecule has 0 aliphatic carbocycles. The maximum atomic E-state index is 6.25. The molecule has 0 atom stereocenters. The SMILES string of the molecule is Cl/C(C=Nc1ccc(Cl)c(N=C/C(Cl)=C/c2ccccc2)c1)=C\c1ccccc1. The van der Waals surface area contributed by atoms with Crippen molar-refractivity contribution in [3.8, 4) is 0 Å². The van der Waals surface area contributed by atoms with E-state index in [0.717, 1.165) is 11.1 Å². The minimum absolute atomic E-state index is 0.495. The van der Waals surface area contributed by atoms with E-state index in [-0.39, 0.29) is 0 Å². The van der Waals surface area contributed by atoms with Crippen molar-refractivity contribution in [3.63, 3.8) is 0 Å².